The molecule has 0 aromatic heterocycles. The molecule has 1 aliphatic heterocycles. The van der Waals surface area contributed by atoms with E-state index in [0.717, 1.165) is 31.2 Å². The molecule has 0 spiro atoms. The molecule has 1 fully saturated rings. The molecular formula is C34H38N4O5. The molecule has 224 valence electrons. The normalized spacial score (nSPS) is 13.7. The molecule has 43 heavy (non-hydrogen) atoms. The van der Waals surface area contributed by atoms with Crippen LogP contribution in [-0.4, -0.2) is 47.7 Å². The third-order valence-electron chi connectivity index (χ3n) is 7.65. The van der Waals surface area contributed by atoms with Gasteiger partial charge in [-0.15, -0.1) is 0 Å². The van der Waals surface area contributed by atoms with E-state index < -0.39 is 0 Å². The maximum atomic E-state index is 13.4. The monoisotopic (exact) mass is 582 g/mol. The van der Waals surface area contributed by atoms with E-state index in [2.05, 4.69) is 22.9 Å². The minimum absolute atomic E-state index is 0.0708. The molecule has 0 atom stereocenters. The number of hydrogen-bond acceptors (Lipinski definition) is 5. The van der Waals surface area contributed by atoms with Crippen LogP contribution < -0.4 is 20.7 Å². The van der Waals surface area contributed by atoms with Gasteiger partial charge in [0.15, 0.2) is 6.61 Å². The number of fused-ring (bicyclic) bond motifs is 1. The number of benzene rings is 3. The fourth-order valence-corrected chi connectivity index (χ4v) is 5.03. The average molecular weight is 583 g/mol. The van der Waals surface area contributed by atoms with Crippen molar-refractivity contribution in [3.05, 3.63) is 89.0 Å². The van der Waals surface area contributed by atoms with Crippen LogP contribution >= 0.6 is 0 Å². The van der Waals surface area contributed by atoms with Crippen LogP contribution in [0.2, 0.25) is 0 Å². The van der Waals surface area contributed by atoms with Crippen molar-refractivity contribution in [2.24, 2.45) is 0 Å². The van der Waals surface area contributed by atoms with E-state index in [1.165, 1.54) is 19.3 Å². The number of carbonyl (C=O) groups excluding carboxylic acids is 4. The molecule has 0 bridgehead atoms. The van der Waals surface area contributed by atoms with Crippen molar-refractivity contribution in [3.8, 4) is 5.75 Å². The molecule has 0 unspecified atom stereocenters. The molecule has 9 heteroatoms. The summed E-state index contributed by atoms with van der Waals surface area (Å²) in [6.45, 7) is 3.19. The lowest BCUT2D eigenvalue weighted by atomic mass is 10.1. The zero-order valence-electron chi connectivity index (χ0n) is 24.5. The summed E-state index contributed by atoms with van der Waals surface area (Å²) < 4.78 is 5.48. The fraction of sp³-hybridized carbons (Fsp3) is 0.353. The highest BCUT2D eigenvalue weighted by Crippen LogP contribution is 2.33. The second kappa shape index (κ2) is 14.0. The molecule has 9 nitrogen and oxygen atoms in total. The van der Waals surface area contributed by atoms with E-state index in [1.807, 2.05) is 17.0 Å². The largest absolute Gasteiger partial charge is 0.482 e. The van der Waals surface area contributed by atoms with E-state index in [-0.39, 0.29) is 36.3 Å². The van der Waals surface area contributed by atoms with E-state index >= 15 is 0 Å². The quantitative estimate of drug-likeness (QED) is 0.221. The number of nitrogens with one attached hydrogen (secondary N) is 3. The Kier molecular flexibility index (Phi) is 9.71. The molecular weight excluding hydrogens is 544 g/mol. The van der Waals surface area contributed by atoms with E-state index in [9.17, 15) is 19.2 Å². The second-order valence-corrected chi connectivity index (χ2v) is 11.1. The average Bonchev–Trinajstić information content (AvgIpc) is 3.87. The lowest BCUT2D eigenvalue weighted by Crippen LogP contribution is -2.33. The van der Waals surface area contributed by atoms with E-state index in [1.54, 1.807) is 54.6 Å². The maximum absolute atomic E-state index is 13.4. The van der Waals surface area contributed by atoms with Gasteiger partial charge in [-0.25, -0.2) is 0 Å². The smallest absolute Gasteiger partial charge is 0.262 e. The predicted molar refractivity (Wildman–Crippen MR) is 165 cm³/mol. The Morgan fingerprint density at radius 3 is 2.26 bits per heavy atom. The molecule has 5 rings (SSSR count). The Bertz CT molecular complexity index is 1470. The van der Waals surface area contributed by atoms with Gasteiger partial charge in [-0.3, -0.25) is 19.2 Å². The Balaban J connectivity index is 1.14. The summed E-state index contributed by atoms with van der Waals surface area (Å²) in [5.74, 6) is -0.202. The van der Waals surface area contributed by atoms with E-state index in [4.69, 9.17) is 4.74 Å². The van der Waals surface area contributed by atoms with E-state index in [0.29, 0.717) is 46.9 Å². The third kappa shape index (κ3) is 8.00. The van der Waals surface area contributed by atoms with Crippen molar-refractivity contribution in [1.29, 1.82) is 0 Å². The van der Waals surface area contributed by atoms with Crippen molar-refractivity contribution >= 4 is 35.0 Å². The lowest BCUT2D eigenvalue weighted by Gasteiger charge is -2.24. The molecule has 3 aromatic rings. The van der Waals surface area contributed by atoms with Crippen molar-refractivity contribution < 1.29 is 23.9 Å². The number of amides is 4. The Hall–Kier alpha value is -4.66. The molecule has 0 saturated heterocycles. The summed E-state index contributed by atoms with van der Waals surface area (Å²) in [4.78, 5) is 52.1. The fourth-order valence-electron chi connectivity index (χ4n) is 5.03. The molecule has 0 radical (unpaired) electrons. The Labute approximate surface area is 252 Å². The van der Waals surface area contributed by atoms with Gasteiger partial charge >= 0.3 is 0 Å². The van der Waals surface area contributed by atoms with Gasteiger partial charge in [0.1, 0.15) is 5.75 Å². The van der Waals surface area contributed by atoms with Crippen molar-refractivity contribution in [2.45, 2.75) is 64.5 Å². The first-order chi connectivity index (χ1) is 20.9. The van der Waals surface area contributed by atoms with Gasteiger partial charge < -0.3 is 25.6 Å². The molecule has 3 aromatic carbocycles. The van der Waals surface area contributed by atoms with Crippen molar-refractivity contribution in [3.63, 3.8) is 0 Å². The Morgan fingerprint density at radius 1 is 0.860 bits per heavy atom. The van der Waals surface area contributed by atoms with Gasteiger partial charge in [-0.05, 0) is 79.4 Å². The Morgan fingerprint density at radius 2 is 1.53 bits per heavy atom. The first kappa shape index (κ1) is 29.8. The summed E-state index contributed by atoms with van der Waals surface area (Å²) in [7, 11) is 0. The molecule has 3 N–H and O–H groups in total. The highest BCUT2D eigenvalue weighted by Gasteiger charge is 2.33. The summed E-state index contributed by atoms with van der Waals surface area (Å²) in [5.41, 5.74) is 3.63. The van der Waals surface area contributed by atoms with Gasteiger partial charge in [0.2, 0.25) is 0 Å². The highest BCUT2D eigenvalue weighted by atomic mass is 16.5. The van der Waals surface area contributed by atoms with Crippen LogP contribution in [0.1, 0.15) is 88.5 Å². The second-order valence-electron chi connectivity index (χ2n) is 11.1. The van der Waals surface area contributed by atoms with Crippen LogP contribution in [0.3, 0.4) is 0 Å². The van der Waals surface area contributed by atoms with Crippen molar-refractivity contribution in [1.82, 2.24) is 10.2 Å². The van der Waals surface area contributed by atoms with Crippen LogP contribution in [0.25, 0.3) is 0 Å². The number of unbranched alkanes of at least 4 members (excludes halogenated alkanes) is 4. The van der Waals surface area contributed by atoms with Gasteiger partial charge in [0.25, 0.3) is 23.6 Å². The SMILES string of the molecule is CCCCCCCNC(=O)c1ccc(NC(=O)c2ccc(CN(C(=O)c3ccc4c(c3)OCC(=O)N4)C3CC3)cc2)cc1. The number of anilines is 2. The molecule has 1 saturated carbocycles. The third-order valence-corrected chi connectivity index (χ3v) is 7.65. The summed E-state index contributed by atoms with van der Waals surface area (Å²) in [6, 6.07) is 19.3. The van der Waals surface area contributed by atoms with Gasteiger partial charge in [0, 0.05) is 41.5 Å². The maximum Gasteiger partial charge on any atom is 0.262 e. The molecule has 1 aliphatic carbocycles. The number of carbonyl (C=O) groups is 4. The summed E-state index contributed by atoms with van der Waals surface area (Å²) >= 11 is 0. The van der Waals surface area contributed by atoms with Crippen LogP contribution in [-0.2, 0) is 11.3 Å². The zero-order chi connectivity index (χ0) is 30.2. The number of nitrogens with zero attached hydrogens (tertiary/aromatic N) is 1. The van der Waals surface area contributed by atoms with Crippen LogP contribution in [0, 0.1) is 0 Å². The zero-order valence-corrected chi connectivity index (χ0v) is 24.5. The van der Waals surface area contributed by atoms with Gasteiger partial charge in [0.05, 0.1) is 5.69 Å². The van der Waals surface area contributed by atoms with Gasteiger partial charge in [-0.1, -0.05) is 44.7 Å². The first-order valence-corrected chi connectivity index (χ1v) is 15.1. The van der Waals surface area contributed by atoms with Crippen LogP contribution in [0.5, 0.6) is 5.75 Å². The molecule has 2 aliphatic rings. The predicted octanol–water partition coefficient (Wildman–Crippen LogP) is 5.77. The van der Waals surface area contributed by atoms with Crippen LogP contribution in [0.15, 0.2) is 66.7 Å². The summed E-state index contributed by atoms with van der Waals surface area (Å²) in [6.07, 6.45) is 7.59. The minimum Gasteiger partial charge on any atom is -0.482 e. The van der Waals surface area contributed by atoms with Crippen LogP contribution in [0.4, 0.5) is 11.4 Å². The standard InChI is InChI=1S/C34H38N4O5/c1-2-3-4-5-6-19-35-32(40)24-11-14-27(15-12-24)36-33(41)25-9-7-23(8-10-25)21-38(28-16-17-28)34(42)26-13-18-29-30(20-26)43-22-31(39)37-29/h7-15,18,20,28H,2-6,16-17,19,21-22H2,1H3,(H,35,40)(H,36,41)(H,37,39). The number of ether oxygens (including phenoxy) is 1. The molecule has 4 amide bonds. The first-order valence-electron chi connectivity index (χ1n) is 15.1. The van der Waals surface area contributed by atoms with Crippen molar-refractivity contribution in [2.75, 3.05) is 23.8 Å². The van der Waals surface area contributed by atoms with Gasteiger partial charge in [-0.2, -0.15) is 0 Å². The number of hydrogen-bond donors (Lipinski definition) is 3. The highest BCUT2D eigenvalue weighted by molar-refractivity contribution is 6.04. The number of rotatable bonds is 13. The molecule has 1 heterocycles. The minimum atomic E-state index is -0.257. The topological polar surface area (TPSA) is 117 Å². The summed E-state index contributed by atoms with van der Waals surface area (Å²) in [5, 5.41) is 8.57. The lowest BCUT2D eigenvalue weighted by molar-refractivity contribution is -0.118.